The molecule has 0 fully saturated rings. The highest BCUT2D eigenvalue weighted by Crippen LogP contribution is 2.30. The minimum atomic E-state index is -3.97. The van der Waals surface area contributed by atoms with Crippen molar-refractivity contribution in [2.75, 3.05) is 13.2 Å². The van der Waals surface area contributed by atoms with Gasteiger partial charge in [-0.15, -0.1) is 4.83 Å². The summed E-state index contributed by atoms with van der Waals surface area (Å²) in [6.45, 7) is 7.91. The van der Waals surface area contributed by atoms with Gasteiger partial charge >= 0.3 is 0 Å². The van der Waals surface area contributed by atoms with Crippen molar-refractivity contribution in [1.29, 1.82) is 0 Å². The zero-order valence-electron chi connectivity index (χ0n) is 15.8. The van der Waals surface area contributed by atoms with Gasteiger partial charge in [0.15, 0.2) is 11.5 Å². The highest BCUT2D eigenvalue weighted by Gasteiger charge is 2.18. The predicted octanol–water partition coefficient (Wildman–Crippen LogP) is 1.31. The fraction of sp³-hybridized carbons (Fsp3) is 0.412. The van der Waals surface area contributed by atoms with Gasteiger partial charge in [0.05, 0.1) is 23.8 Å². The number of carbonyl (C=O) groups excluding carboxylic acids is 1. The van der Waals surface area contributed by atoms with E-state index in [-0.39, 0.29) is 11.4 Å². The van der Waals surface area contributed by atoms with Crippen LogP contribution < -0.4 is 19.7 Å². The Kier molecular flexibility index (Phi) is 6.81. The number of ether oxygens (including phenoxy) is 2. The van der Waals surface area contributed by atoms with E-state index >= 15 is 0 Å². The van der Waals surface area contributed by atoms with Crippen molar-refractivity contribution in [2.45, 2.75) is 39.1 Å². The number of carbonyl (C=O) groups is 1. The van der Waals surface area contributed by atoms with Crippen LogP contribution in [0.4, 0.5) is 0 Å². The van der Waals surface area contributed by atoms with Crippen LogP contribution in [0.1, 0.15) is 25.2 Å². The number of benzene rings is 1. The molecule has 1 aromatic heterocycles. The first-order valence-electron chi connectivity index (χ1n) is 8.48. The molecule has 1 heterocycles. The summed E-state index contributed by atoms with van der Waals surface area (Å²) in [4.78, 5) is 14.0. The van der Waals surface area contributed by atoms with Crippen molar-refractivity contribution in [1.82, 2.24) is 20.0 Å². The van der Waals surface area contributed by atoms with E-state index in [0.717, 1.165) is 11.4 Å². The Morgan fingerprint density at radius 1 is 1.11 bits per heavy atom. The first-order chi connectivity index (χ1) is 12.8. The summed E-state index contributed by atoms with van der Waals surface area (Å²) in [7, 11) is -3.97. The molecular formula is C17H24N4O5S. The first-order valence-corrected chi connectivity index (χ1v) is 9.96. The average molecular weight is 396 g/mol. The normalized spacial score (nSPS) is 11.3. The molecule has 2 N–H and O–H groups in total. The van der Waals surface area contributed by atoms with Crippen molar-refractivity contribution >= 4 is 15.9 Å². The van der Waals surface area contributed by atoms with Crippen LogP contribution in [0.5, 0.6) is 11.5 Å². The summed E-state index contributed by atoms with van der Waals surface area (Å²) in [6.07, 6.45) is 0. The zero-order valence-corrected chi connectivity index (χ0v) is 16.6. The summed E-state index contributed by atoms with van der Waals surface area (Å²) in [6, 6.07) is 6.07. The van der Waals surface area contributed by atoms with E-state index < -0.39 is 15.9 Å². The lowest BCUT2D eigenvalue weighted by atomic mass is 10.3. The molecule has 10 heteroatoms. The predicted molar refractivity (Wildman–Crippen MR) is 98.9 cm³/mol. The standard InChI is InChI=1S/C17H24N4O5S/c1-5-25-15-8-7-14(10-16(15)26-6-2)27(23,24)20-18-17(22)11-21-13(4)9-12(3)19-21/h7-10,20H,5-6,11H2,1-4H3,(H,18,22). The van der Waals surface area contributed by atoms with Gasteiger partial charge in [0, 0.05) is 11.8 Å². The third-order valence-electron chi connectivity index (χ3n) is 3.55. The minimum absolute atomic E-state index is 0.0548. The van der Waals surface area contributed by atoms with E-state index in [0.29, 0.717) is 24.7 Å². The van der Waals surface area contributed by atoms with Gasteiger partial charge in [0.25, 0.3) is 15.9 Å². The fourth-order valence-corrected chi connectivity index (χ4v) is 3.27. The molecule has 0 radical (unpaired) electrons. The molecule has 0 atom stereocenters. The number of aryl methyl sites for hydroxylation is 2. The maximum atomic E-state index is 12.4. The molecule has 0 spiro atoms. The molecule has 1 aromatic carbocycles. The molecule has 0 aliphatic heterocycles. The zero-order chi connectivity index (χ0) is 20.0. The lowest BCUT2D eigenvalue weighted by molar-refractivity contribution is -0.122. The summed E-state index contributed by atoms with van der Waals surface area (Å²) in [5.41, 5.74) is 3.77. The van der Waals surface area contributed by atoms with E-state index in [9.17, 15) is 13.2 Å². The van der Waals surface area contributed by atoms with E-state index in [1.165, 1.54) is 22.9 Å². The topological polar surface area (TPSA) is 112 Å². The fourth-order valence-electron chi connectivity index (χ4n) is 2.39. The molecule has 9 nitrogen and oxygen atoms in total. The van der Waals surface area contributed by atoms with Crippen molar-refractivity contribution in [3.05, 3.63) is 35.7 Å². The smallest absolute Gasteiger partial charge is 0.257 e. The molecule has 0 aliphatic carbocycles. The Morgan fingerprint density at radius 2 is 1.78 bits per heavy atom. The van der Waals surface area contributed by atoms with Gasteiger partial charge in [0.1, 0.15) is 6.54 Å². The van der Waals surface area contributed by atoms with Gasteiger partial charge < -0.3 is 9.47 Å². The van der Waals surface area contributed by atoms with Crippen LogP contribution in [-0.4, -0.2) is 37.3 Å². The Labute approximate surface area is 158 Å². The second-order valence-electron chi connectivity index (χ2n) is 5.71. The molecule has 148 valence electrons. The van der Waals surface area contributed by atoms with Crippen LogP contribution in [0.25, 0.3) is 0 Å². The Balaban J connectivity index is 2.08. The monoisotopic (exact) mass is 396 g/mol. The van der Waals surface area contributed by atoms with E-state index in [1.54, 1.807) is 6.92 Å². The number of nitrogens with zero attached hydrogens (tertiary/aromatic N) is 2. The average Bonchev–Trinajstić information content (AvgIpc) is 2.92. The third kappa shape index (κ3) is 5.44. The van der Waals surface area contributed by atoms with Gasteiger partial charge in [-0.25, -0.2) is 8.42 Å². The molecule has 27 heavy (non-hydrogen) atoms. The van der Waals surface area contributed by atoms with Crippen LogP contribution in [0.15, 0.2) is 29.2 Å². The number of hydrogen-bond acceptors (Lipinski definition) is 6. The Morgan fingerprint density at radius 3 is 2.37 bits per heavy atom. The van der Waals surface area contributed by atoms with Gasteiger partial charge in [0.2, 0.25) is 0 Å². The van der Waals surface area contributed by atoms with Gasteiger partial charge in [-0.05, 0) is 45.9 Å². The molecule has 2 rings (SSSR count). The van der Waals surface area contributed by atoms with Crippen molar-refractivity contribution < 1.29 is 22.7 Å². The van der Waals surface area contributed by atoms with Gasteiger partial charge in [-0.3, -0.25) is 14.9 Å². The number of rotatable bonds is 9. The third-order valence-corrected chi connectivity index (χ3v) is 4.79. The highest BCUT2D eigenvalue weighted by atomic mass is 32.2. The molecule has 0 saturated carbocycles. The highest BCUT2D eigenvalue weighted by molar-refractivity contribution is 7.89. The van der Waals surface area contributed by atoms with E-state index in [2.05, 4.69) is 15.4 Å². The first kappa shape index (κ1) is 20.7. The number of aromatic nitrogens is 2. The van der Waals surface area contributed by atoms with Crippen LogP contribution in [0.3, 0.4) is 0 Å². The lowest BCUT2D eigenvalue weighted by Gasteiger charge is -2.13. The number of hydrogen-bond donors (Lipinski definition) is 2. The quantitative estimate of drug-likeness (QED) is 0.618. The van der Waals surface area contributed by atoms with Gasteiger partial charge in [-0.1, -0.05) is 0 Å². The SMILES string of the molecule is CCOc1ccc(S(=O)(=O)NNC(=O)Cn2nc(C)cc2C)cc1OCC. The van der Waals surface area contributed by atoms with Crippen LogP contribution in [-0.2, 0) is 21.4 Å². The molecule has 0 aliphatic rings. The molecule has 0 saturated heterocycles. The number of nitrogens with one attached hydrogen (secondary N) is 2. The minimum Gasteiger partial charge on any atom is -0.490 e. The number of amides is 1. The van der Waals surface area contributed by atoms with Crippen molar-refractivity contribution in [3.8, 4) is 11.5 Å². The van der Waals surface area contributed by atoms with Crippen molar-refractivity contribution in [2.24, 2.45) is 0 Å². The maximum absolute atomic E-state index is 12.4. The Bertz CT molecular complexity index is 908. The van der Waals surface area contributed by atoms with E-state index in [4.69, 9.17) is 9.47 Å². The van der Waals surface area contributed by atoms with Crippen molar-refractivity contribution in [3.63, 3.8) is 0 Å². The second kappa shape index (κ2) is 8.87. The molecule has 1 amide bonds. The largest absolute Gasteiger partial charge is 0.490 e. The molecule has 2 aromatic rings. The number of hydrazine groups is 1. The molecule has 0 unspecified atom stereocenters. The van der Waals surface area contributed by atoms with Gasteiger partial charge in [-0.2, -0.15) is 5.10 Å². The summed E-state index contributed by atoms with van der Waals surface area (Å²) in [5, 5.41) is 4.16. The lowest BCUT2D eigenvalue weighted by Crippen LogP contribution is -2.43. The van der Waals surface area contributed by atoms with Crippen LogP contribution in [0.2, 0.25) is 0 Å². The molecule has 0 bridgehead atoms. The summed E-state index contributed by atoms with van der Waals surface area (Å²) in [5.74, 6) is 0.226. The Hall–Kier alpha value is -2.59. The summed E-state index contributed by atoms with van der Waals surface area (Å²) >= 11 is 0. The van der Waals surface area contributed by atoms with Crippen LogP contribution >= 0.6 is 0 Å². The number of sulfonamides is 1. The van der Waals surface area contributed by atoms with Crippen LogP contribution in [0, 0.1) is 13.8 Å². The molecular weight excluding hydrogens is 372 g/mol. The maximum Gasteiger partial charge on any atom is 0.257 e. The van der Waals surface area contributed by atoms with E-state index in [1.807, 2.05) is 26.8 Å². The summed E-state index contributed by atoms with van der Waals surface area (Å²) < 4.78 is 37.2. The second-order valence-corrected chi connectivity index (χ2v) is 7.40.